The average molecular weight is 1170 g/mol. The third kappa shape index (κ3) is 70.3. The minimum atomic E-state index is -0.778. The minimum absolute atomic E-state index is 0.0729. The lowest BCUT2D eigenvalue weighted by atomic mass is 10.0. The van der Waals surface area contributed by atoms with E-state index in [9.17, 15) is 14.4 Å². The molecular formula is C77H144O6. The number of rotatable bonds is 70. The van der Waals surface area contributed by atoms with Gasteiger partial charge in [-0.25, -0.2) is 0 Å². The highest BCUT2D eigenvalue weighted by atomic mass is 16.6. The van der Waals surface area contributed by atoms with Gasteiger partial charge in [0.05, 0.1) is 0 Å². The van der Waals surface area contributed by atoms with Gasteiger partial charge in [0.25, 0.3) is 0 Å². The zero-order chi connectivity index (χ0) is 59.9. The van der Waals surface area contributed by atoms with E-state index in [0.29, 0.717) is 19.3 Å². The normalized spacial score (nSPS) is 12.2. The van der Waals surface area contributed by atoms with Crippen molar-refractivity contribution in [2.24, 2.45) is 0 Å². The van der Waals surface area contributed by atoms with Gasteiger partial charge in [-0.05, 0) is 70.6 Å². The van der Waals surface area contributed by atoms with Crippen molar-refractivity contribution in [1.29, 1.82) is 0 Å². The maximum atomic E-state index is 13.0. The van der Waals surface area contributed by atoms with Crippen molar-refractivity contribution in [2.75, 3.05) is 13.2 Å². The van der Waals surface area contributed by atoms with E-state index < -0.39 is 6.10 Å². The van der Waals surface area contributed by atoms with Crippen molar-refractivity contribution in [3.63, 3.8) is 0 Å². The maximum Gasteiger partial charge on any atom is 0.306 e. The Hall–Kier alpha value is -2.37. The van der Waals surface area contributed by atoms with Crippen molar-refractivity contribution in [2.45, 2.75) is 425 Å². The first kappa shape index (κ1) is 80.6. The molecule has 0 aliphatic carbocycles. The number of hydrogen-bond acceptors (Lipinski definition) is 6. The van der Waals surface area contributed by atoms with E-state index in [0.717, 1.165) is 83.5 Å². The average Bonchev–Trinajstić information content (AvgIpc) is 3.49. The molecule has 488 valence electrons. The number of esters is 3. The molecule has 0 spiro atoms. The van der Waals surface area contributed by atoms with Crippen LogP contribution in [0.3, 0.4) is 0 Å². The van der Waals surface area contributed by atoms with Crippen LogP contribution in [0, 0.1) is 0 Å². The molecule has 0 heterocycles. The van der Waals surface area contributed by atoms with E-state index in [4.69, 9.17) is 14.2 Å². The number of allylic oxidation sites excluding steroid dienone is 6. The summed E-state index contributed by atoms with van der Waals surface area (Å²) in [5.74, 6) is -0.861. The molecule has 1 unspecified atom stereocenters. The molecule has 0 aromatic heterocycles. The van der Waals surface area contributed by atoms with E-state index in [1.54, 1.807) is 0 Å². The Morgan fingerprint density at radius 3 is 0.723 bits per heavy atom. The van der Waals surface area contributed by atoms with Crippen molar-refractivity contribution < 1.29 is 28.6 Å². The molecule has 1 atom stereocenters. The van der Waals surface area contributed by atoms with E-state index >= 15 is 0 Å². The first-order chi connectivity index (χ1) is 41.0. The highest BCUT2D eigenvalue weighted by Gasteiger charge is 2.20. The summed E-state index contributed by atoms with van der Waals surface area (Å²) in [6.45, 7) is 6.64. The van der Waals surface area contributed by atoms with Gasteiger partial charge in [0, 0.05) is 19.3 Å². The second kappa shape index (κ2) is 72.1. The van der Waals surface area contributed by atoms with Gasteiger partial charge in [0.1, 0.15) is 13.2 Å². The zero-order valence-corrected chi connectivity index (χ0v) is 56.2. The standard InChI is InChI=1S/C77H144O6/c1-4-7-10-13-16-19-22-25-27-29-31-33-34-35-36-37-38-39-40-41-42-44-45-47-49-52-55-58-61-64-67-70-76(79)82-73-74(72-81-75(78)69-66-63-60-57-54-51-24-21-18-15-12-9-6-3)83-77(80)71-68-65-62-59-56-53-50-48-46-43-32-30-28-26-23-20-17-14-11-8-5-2/h12,15,21,24,30,32,74H,4-11,13-14,16-20,22-23,25-29,31,33-73H2,1-3H3/b15-12-,24-21-,32-30-. The summed E-state index contributed by atoms with van der Waals surface area (Å²) in [5.41, 5.74) is 0. The molecule has 0 amide bonds. The molecular weight excluding hydrogens is 1020 g/mol. The Balaban J connectivity index is 4.15. The van der Waals surface area contributed by atoms with Crippen LogP contribution in [-0.2, 0) is 28.6 Å². The van der Waals surface area contributed by atoms with Gasteiger partial charge in [-0.15, -0.1) is 0 Å². The lowest BCUT2D eigenvalue weighted by Gasteiger charge is -2.18. The monoisotopic (exact) mass is 1170 g/mol. The molecule has 83 heavy (non-hydrogen) atoms. The van der Waals surface area contributed by atoms with E-state index in [1.807, 2.05) is 0 Å². The summed E-state index contributed by atoms with van der Waals surface area (Å²) in [5, 5.41) is 0. The van der Waals surface area contributed by atoms with Crippen LogP contribution in [0.25, 0.3) is 0 Å². The van der Waals surface area contributed by atoms with Crippen LogP contribution in [0.5, 0.6) is 0 Å². The van der Waals surface area contributed by atoms with Crippen LogP contribution < -0.4 is 0 Å². The number of carbonyl (C=O) groups is 3. The Kier molecular flexibility index (Phi) is 70.0. The lowest BCUT2D eigenvalue weighted by molar-refractivity contribution is -0.167. The summed E-state index contributed by atoms with van der Waals surface area (Å²) in [6, 6.07) is 0. The molecule has 0 saturated carbocycles. The molecule has 0 aliphatic heterocycles. The van der Waals surface area contributed by atoms with Crippen LogP contribution >= 0.6 is 0 Å². The summed E-state index contributed by atoms with van der Waals surface area (Å²) in [7, 11) is 0. The molecule has 0 rings (SSSR count). The van der Waals surface area contributed by atoms with Crippen LogP contribution in [0.1, 0.15) is 419 Å². The fraction of sp³-hybridized carbons (Fsp3) is 0.883. The quantitative estimate of drug-likeness (QED) is 0.0261. The van der Waals surface area contributed by atoms with Crippen molar-refractivity contribution in [3.05, 3.63) is 36.5 Å². The number of ether oxygens (including phenoxy) is 3. The SMILES string of the molecule is CCC/C=C\C/C=C\CCCCCCCC(=O)OCC(COC(=O)CCCCCCCCCCCCCCCCCCCCCCCCCCCCCCCCC)OC(=O)CCCCCCCCCCC/C=C\CCCCCCCCCC. The molecule has 6 nitrogen and oxygen atoms in total. The topological polar surface area (TPSA) is 78.9 Å². The lowest BCUT2D eigenvalue weighted by Crippen LogP contribution is -2.30. The van der Waals surface area contributed by atoms with Gasteiger partial charge in [0.15, 0.2) is 6.10 Å². The van der Waals surface area contributed by atoms with E-state index in [2.05, 4.69) is 57.2 Å². The molecule has 0 aliphatic rings. The molecule has 6 heteroatoms. The van der Waals surface area contributed by atoms with Gasteiger partial charge < -0.3 is 14.2 Å². The van der Waals surface area contributed by atoms with E-state index in [-0.39, 0.29) is 31.1 Å². The Morgan fingerprint density at radius 1 is 0.241 bits per heavy atom. The van der Waals surface area contributed by atoms with Crippen LogP contribution in [0.4, 0.5) is 0 Å². The van der Waals surface area contributed by atoms with Crippen LogP contribution in [0.15, 0.2) is 36.5 Å². The number of unbranched alkanes of at least 4 members (excludes halogenated alkanes) is 53. The maximum absolute atomic E-state index is 13.0. The third-order valence-corrected chi connectivity index (χ3v) is 17.1. The minimum Gasteiger partial charge on any atom is -0.462 e. The van der Waals surface area contributed by atoms with Gasteiger partial charge in [-0.3, -0.25) is 14.4 Å². The summed E-state index contributed by atoms with van der Waals surface area (Å²) < 4.78 is 17.0. The Morgan fingerprint density at radius 2 is 0.458 bits per heavy atom. The van der Waals surface area contributed by atoms with Crippen LogP contribution in [0.2, 0.25) is 0 Å². The third-order valence-electron chi connectivity index (χ3n) is 17.1. The first-order valence-electron chi connectivity index (χ1n) is 37.5. The zero-order valence-electron chi connectivity index (χ0n) is 56.2. The largest absolute Gasteiger partial charge is 0.462 e. The Bertz CT molecular complexity index is 1380. The predicted octanol–water partition coefficient (Wildman–Crippen LogP) is 25.9. The highest BCUT2D eigenvalue weighted by Crippen LogP contribution is 2.19. The van der Waals surface area contributed by atoms with Crippen LogP contribution in [-0.4, -0.2) is 37.2 Å². The molecule has 0 saturated heterocycles. The smallest absolute Gasteiger partial charge is 0.306 e. The molecule has 0 bridgehead atoms. The highest BCUT2D eigenvalue weighted by molar-refractivity contribution is 5.71. The molecule has 0 aromatic rings. The van der Waals surface area contributed by atoms with Gasteiger partial charge in [-0.2, -0.15) is 0 Å². The molecule has 0 N–H and O–H groups in total. The fourth-order valence-electron chi connectivity index (χ4n) is 11.5. The molecule has 0 aromatic carbocycles. The summed E-state index contributed by atoms with van der Waals surface area (Å²) >= 11 is 0. The Labute approximate surface area is 518 Å². The summed E-state index contributed by atoms with van der Waals surface area (Å²) in [4.78, 5) is 38.4. The van der Waals surface area contributed by atoms with Gasteiger partial charge >= 0.3 is 17.9 Å². The molecule has 0 fully saturated rings. The van der Waals surface area contributed by atoms with E-state index in [1.165, 1.54) is 295 Å². The van der Waals surface area contributed by atoms with Crippen molar-refractivity contribution in [1.82, 2.24) is 0 Å². The number of hydrogen-bond donors (Lipinski definition) is 0. The fourth-order valence-corrected chi connectivity index (χ4v) is 11.5. The second-order valence-corrected chi connectivity index (χ2v) is 25.6. The number of carbonyl (C=O) groups excluding carboxylic acids is 3. The predicted molar refractivity (Wildman–Crippen MR) is 362 cm³/mol. The second-order valence-electron chi connectivity index (χ2n) is 25.6. The van der Waals surface area contributed by atoms with Crippen molar-refractivity contribution in [3.8, 4) is 0 Å². The summed E-state index contributed by atoms with van der Waals surface area (Å²) in [6.07, 6.45) is 90.6. The van der Waals surface area contributed by atoms with Gasteiger partial charge in [-0.1, -0.05) is 365 Å². The van der Waals surface area contributed by atoms with Crippen molar-refractivity contribution >= 4 is 17.9 Å². The van der Waals surface area contributed by atoms with Gasteiger partial charge in [0.2, 0.25) is 0 Å². The first-order valence-corrected chi connectivity index (χ1v) is 37.5. The molecule has 0 radical (unpaired) electrons.